The normalized spacial score (nSPS) is 13.0. The molecule has 2 aliphatic heterocycles. The van der Waals surface area contributed by atoms with Gasteiger partial charge in [-0.15, -0.1) is 0 Å². The molecule has 14 rings (SSSR count). The molecule has 6 aromatic heterocycles. The number of carbonyl (C=O) groups is 4. The number of amides is 4. The van der Waals surface area contributed by atoms with Crippen molar-refractivity contribution in [2.75, 3.05) is 13.2 Å². The van der Waals surface area contributed by atoms with Crippen molar-refractivity contribution in [1.82, 2.24) is 68.5 Å². The quantitative estimate of drug-likeness (QED) is 0.0448. The summed E-state index contributed by atoms with van der Waals surface area (Å²) in [7, 11) is -12.0. The van der Waals surface area contributed by atoms with Gasteiger partial charge in [-0.25, -0.2) is 28.1 Å². The summed E-state index contributed by atoms with van der Waals surface area (Å²) >= 11 is 0. The molecule has 0 radical (unpaired) electrons. The molecule has 93 heavy (non-hydrogen) atoms. The summed E-state index contributed by atoms with van der Waals surface area (Å²) in [5, 5.41) is 30.2. The van der Waals surface area contributed by atoms with Crippen LogP contribution in [-0.2, 0) is 74.6 Å². The number of imide groups is 2. The summed E-state index contributed by atoms with van der Waals surface area (Å²) in [5.41, 5.74) is 5.79. The molecule has 0 aliphatic carbocycles. The van der Waals surface area contributed by atoms with Crippen LogP contribution < -0.4 is 0 Å². The molecule has 12 aromatic rings. The van der Waals surface area contributed by atoms with E-state index in [1.165, 1.54) is 9.80 Å². The molecule has 468 valence electrons. The molecule has 0 fully saturated rings. The zero-order valence-corrected chi connectivity index (χ0v) is 52.8. The van der Waals surface area contributed by atoms with Crippen LogP contribution in [0.1, 0.15) is 63.7 Å². The number of hydrogen-bond donors (Lipinski definition) is 0. The molecule has 2 aliphatic rings. The first-order valence-electron chi connectivity index (χ1n) is 28.1. The number of nitrogens with zero attached hydrogens (tertiary/aromatic N) is 14. The number of hydrogen-bond acceptors (Lipinski definition) is 12. The summed E-state index contributed by atoms with van der Waals surface area (Å²) in [6, 6.07) is 48.7. The van der Waals surface area contributed by atoms with Gasteiger partial charge in [-0.2, -0.15) is 30.6 Å². The average Bonchev–Trinajstić information content (AvgIpc) is 1.45. The Kier molecular flexibility index (Phi) is 19.9. The van der Waals surface area contributed by atoms with E-state index in [1.54, 1.807) is 89.5 Å². The van der Waals surface area contributed by atoms with Gasteiger partial charge in [0, 0.05) is 107 Å². The predicted molar refractivity (Wildman–Crippen MR) is 320 cm³/mol. The fraction of sp³-hybridized carbons (Fsp3) is 0.129. The summed E-state index contributed by atoms with van der Waals surface area (Å²) in [6.07, 6.45) is 21.3. The molecule has 0 saturated carbocycles. The largest absolute Gasteiger partial charge is 2.00 e. The Morgan fingerprint density at radius 2 is 0.559 bits per heavy atom. The SMILES string of the molecule is F[B-](F)(F)F.F[B-](F)(F)F.O=C1c2cccc3cccc(c23)C(=O)N1Cc1ccc(COCC(n2cccn2)(n2cccn2)n2cccn2)cc1.O=C1c2cccc3cccc(c23)C(=O)N1Cc1ccc(COCC(n2cccn2)(n2cccn2)n2cccn2)cc1.[Cd+2]. The van der Waals surface area contributed by atoms with Gasteiger partial charge in [0.25, 0.3) is 35.2 Å². The van der Waals surface area contributed by atoms with Gasteiger partial charge >= 0.3 is 41.8 Å². The molecule has 0 N–H and O–H groups in total. The number of benzene rings is 6. The minimum Gasteiger partial charge on any atom is -0.418 e. The molecular formula is C62H50B2CdF8N14O6. The van der Waals surface area contributed by atoms with Gasteiger partial charge in [0.15, 0.2) is 0 Å². The number of rotatable bonds is 18. The molecule has 20 nitrogen and oxygen atoms in total. The van der Waals surface area contributed by atoms with Crippen LogP contribution >= 0.6 is 0 Å². The van der Waals surface area contributed by atoms with Gasteiger partial charge in [-0.3, -0.25) is 29.0 Å². The second kappa shape index (κ2) is 28.1. The van der Waals surface area contributed by atoms with E-state index in [9.17, 15) is 53.7 Å². The summed E-state index contributed by atoms with van der Waals surface area (Å²) in [6.45, 7) is 1.41. The summed E-state index contributed by atoms with van der Waals surface area (Å²) < 4.78 is 101. The number of aromatic nitrogens is 12. The van der Waals surface area contributed by atoms with Crippen LogP contribution in [0.5, 0.6) is 0 Å². The maximum atomic E-state index is 13.3. The molecular weight excluding hydrogens is 1320 g/mol. The fourth-order valence-corrected chi connectivity index (χ4v) is 10.8. The van der Waals surface area contributed by atoms with Gasteiger partial charge < -0.3 is 44.0 Å². The smallest absolute Gasteiger partial charge is 0.418 e. The van der Waals surface area contributed by atoms with Crippen molar-refractivity contribution in [3.05, 3.63) is 277 Å². The zero-order valence-electron chi connectivity index (χ0n) is 48.8. The monoisotopic (exact) mass is 1370 g/mol. The van der Waals surface area contributed by atoms with E-state index in [2.05, 4.69) is 30.6 Å². The predicted octanol–water partition coefficient (Wildman–Crippen LogP) is 10.9. The van der Waals surface area contributed by atoms with Crippen LogP contribution in [0.25, 0.3) is 21.5 Å². The number of halogens is 8. The maximum Gasteiger partial charge on any atom is 2.00 e. The topological polar surface area (TPSA) is 200 Å². The van der Waals surface area contributed by atoms with Crippen molar-refractivity contribution in [3.63, 3.8) is 0 Å². The van der Waals surface area contributed by atoms with Crippen molar-refractivity contribution in [2.45, 2.75) is 37.9 Å². The van der Waals surface area contributed by atoms with Crippen molar-refractivity contribution in [1.29, 1.82) is 0 Å². The van der Waals surface area contributed by atoms with E-state index in [0.717, 1.165) is 43.8 Å². The second-order valence-corrected chi connectivity index (χ2v) is 20.7. The Morgan fingerprint density at radius 3 is 0.774 bits per heavy atom. The molecule has 0 spiro atoms. The molecule has 4 amide bonds. The first-order valence-corrected chi connectivity index (χ1v) is 28.1. The Morgan fingerprint density at radius 1 is 0.333 bits per heavy atom. The van der Waals surface area contributed by atoms with Crippen LogP contribution in [0.4, 0.5) is 34.5 Å². The number of carbonyl (C=O) groups excluding carboxylic acids is 4. The standard InChI is InChI=1S/2C31H25N7O3.2BF4.Cd/c2*39-29-26-8-1-6-25-7-2-9-27(28(25)26)30(40)35(29)20-23-10-12-24(13-11-23)21-41-22-31(36-17-3-14-32-36,37-18-4-15-33-37)38-19-5-16-34-38;2*2-1(3,4)5;/h2*1-19H,20-22H2;;;/q;;2*-1;+2. The van der Waals surface area contributed by atoms with E-state index in [4.69, 9.17) is 9.47 Å². The third kappa shape index (κ3) is 14.5. The molecule has 0 unspecified atom stereocenters. The van der Waals surface area contributed by atoms with E-state index in [1.807, 2.05) is 171 Å². The fourth-order valence-electron chi connectivity index (χ4n) is 10.8. The van der Waals surface area contributed by atoms with Gasteiger partial charge in [-0.1, -0.05) is 97.1 Å². The first kappa shape index (κ1) is 65.7. The second-order valence-electron chi connectivity index (χ2n) is 20.7. The van der Waals surface area contributed by atoms with Gasteiger partial charge in [0.1, 0.15) is 13.2 Å². The average molecular weight is 1370 g/mol. The Hall–Kier alpha value is -10.2. The van der Waals surface area contributed by atoms with Crippen molar-refractivity contribution in [3.8, 4) is 0 Å². The summed E-state index contributed by atoms with van der Waals surface area (Å²) in [5.74, 6) is -3.08. The Balaban J connectivity index is 0.000000176. The van der Waals surface area contributed by atoms with Crippen molar-refractivity contribution < 1.29 is 90.5 Å². The zero-order chi connectivity index (χ0) is 64.6. The van der Waals surface area contributed by atoms with E-state index in [-0.39, 0.29) is 77.2 Å². The van der Waals surface area contributed by atoms with Crippen LogP contribution in [0.15, 0.2) is 232 Å². The minimum absolute atomic E-state index is 0. The molecule has 31 heteroatoms. The van der Waals surface area contributed by atoms with Gasteiger partial charge in [0.2, 0.25) is 0 Å². The minimum atomic E-state index is -6.00. The van der Waals surface area contributed by atoms with Crippen LogP contribution in [0.3, 0.4) is 0 Å². The molecule has 6 aromatic carbocycles. The van der Waals surface area contributed by atoms with Gasteiger partial charge in [-0.05, 0) is 93.7 Å². The van der Waals surface area contributed by atoms with Crippen LogP contribution in [-0.4, -0.2) is 120 Å². The van der Waals surface area contributed by atoms with Crippen LogP contribution in [0, 0.1) is 0 Å². The first-order chi connectivity index (χ1) is 44.3. The summed E-state index contributed by atoms with van der Waals surface area (Å²) in [4.78, 5) is 55.7. The Bertz CT molecular complexity index is 3910. The van der Waals surface area contributed by atoms with Crippen LogP contribution in [0.2, 0.25) is 0 Å². The Labute approximate surface area is 543 Å². The molecule has 0 atom stereocenters. The van der Waals surface area contributed by atoms with E-state index >= 15 is 0 Å². The van der Waals surface area contributed by atoms with E-state index < -0.39 is 26.1 Å². The number of ether oxygens (including phenoxy) is 2. The molecule has 0 bridgehead atoms. The van der Waals surface area contributed by atoms with Crippen molar-refractivity contribution in [2.24, 2.45) is 0 Å². The van der Waals surface area contributed by atoms with Gasteiger partial charge in [0.05, 0.1) is 26.3 Å². The maximum absolute atomic E-state index is 13.3. The third-order valence-corrected chi connectivity index (χ3v) is 14.8. The third-order valence-electron chi connectivity index (χ3n) is 14.8. The molecule has 0 saturated heterocycles. The van der Waals surface area contributed by atoms with E-state index in [0.29, 0.717) is 35.5 Å². The van der Waals surface area contributed by atoms with Crippen molar-refractivity contribution >= 4 is 59.7 Å². The molecule has 8 heterocycles.